The fourth-order valence-electron chi connectivity index (χ4n) is 3.47. The summed E-state index contributed by atoms with van der Waals surface area (Å²) in [7, 11) is 2.16. The molecule has 0 radical (unpaired) electrons. The van der Waals surface area contributed by atoms with E-state index < -0.39 is 83.3 Å². The number of nitrogens with zero attached hydrogens (tertiary/aromatic N) is 1. The molecule has 230 valence electrons. The van der Waals surface area contributed by atoms with E-state index in [9.17, 15) is 38.7 Å². The second kappa shape index (κ2) is 16.5. The molecule has 1 rings (SSSR count). The van der Waals surface area contributed by atoms with Crippen LogP contribution in [0.5, 0.6) is 0 Å². The number of primary amides is 1. The maximum Gasteiger partial charge on any atom is 0.305 e. The van der Waals surface area contributed by atoms with Crippen LogP contribution in [0.2, 0.25) is 0 Å². The zero-order chi connectivity index (χ0) is 31.3. The van der Waals surface area contributed by atoms with Gasteiger partial charge in [-0.3, -0.25) is 38.6 Å². The Bertz CT molecular complexity index is 1050. The highest BCUT2D eigenvalue weighted by molar-refractivity contribution is 8.77. The Morgan fingerprint density at radius 2 is 1.68 bits per heavy atom. The van der Waals surface area contributed by atoms with Crippen molar-refractivity contribution in [2.24, 2.45) is 22.2 Å². The number of aliphatic carboxylic acids is 1. The largest absolute Gasteiger partial charge is 0.481 e. The first-order valence-electron chi connectivity index (χ1n) is 12.4. The van der Waals surface area contributed by atoms with Gasteiger partial charge in [-0.1, -0.05) is 21.6 Å². The molecular weight excluding hydrogens is 582 g/mol. The van der Waals surface area contributed by atoms with Crippen LogP contribution in [-0.4, -0.2) is 100 Å². The van der Waals surface area contributed by atoms with Crippen molar-refractivity contribution in [3.05, 3.63) is 0 Å². The highest BCUT2D eigenvalue weighted by Crippen LogP contribution is 2.38. The molecule has 6 amide bonds. The highest BCUT2D eigenvalue weighted by Gasteiger charge is 2.39. The molecule has 0 aromatic carbocycles. The maximum atomic E-state index is 13.4. The van der Waals surface area contributed by atoms with Crippen LogP contribution >= 0.6 is 21.6 Å². The van der Waals surface area contributed by atoms with Crippen molar-refractivity contribution in [2.75, 3.05) is 18.8 Å². The number of rotatable bonds is 8. The van der Waals surface area contributed by atoms with Crippen LogP contribution in [0.15, 0.2) is 4.99 Å². The molecular formula is C22H37N9O8S2. The molecule has 1 fully saturated rings. The Morgan fingerprint density at radius 1 is 1.02 bits per heavy atom. The van der Waals surface area contributed by atoms with Crippen LogP contribution in [0.4, 0.5) is 0 Å². The Hall–Kier alpha value is -3.74. The summed E-state index contributed by atoms with van der Waals surface area (Å²) < 4.78 is -1.02. The molecule has 0 unspecified atom stereocenters. The lowest BCUT2D eigenvalue weighted by molar-refractivity contribution is -0.141. The Labute approximate surface area is 244 Å². The molecule has 0 bridgehead atoms. The molecule has 0 saturated carbocycles. The predicted octanol–water partition coefficient (Wildman–Crippen LogP) is -3.75. The number of carbonyl (C=O) groups excluding carboxylic acids is 6. The Morgan fingerprint density at radius 3 is 2.24 bits per heavy atom. The lowest BCUT2D eigenvalue weighted by Crippen LogP contribution is -2.59. The van der Waals surface area contributed by atoms with Crippen molar-refractivity contribution in [1.82, 2.24) is 26.6 Å². The zero-order valence-corrected chi connectivity index (χ0v) is 24.5. The van der Waals surface area contributed by atoms with Gasteiger partial charge in [0, 0.05) is 24.0 Å². The average Bonchev–Trinajstić information content (AvgIpc) is 2.85. The lowest BCUT2D eigenvalue weighted by atomic mass is 10.0. The van der Waals surface area contributed by atoms with Crippen LogP contribution in [-0.2, 0) is 33.6 Å². The van der Waals surface area contributed by atoms with Gasteiger partial charge in [0.2, 0.25) is 35.4 Å². The van der Waals surface area contributed by atoms with E-state index in [0.29, 0.717) is 0 Å². The molecule has 19 heteroatoms. The number of hydrogen-bond acceptors (Lipinski definition) is 10. The van der Waals surface area contributed by atoms with Crippen LogP contribution in [0.1, 0.15) is 40.0 Å². The summed E-state index contributed by atoms with van der Waals surface area (Å²) in [5, 5.41) is 21.2. The Balaban J connectivity index is 3.39. The van der Waals surface area contributed by atoms with Crippen molar-refractivity contribution >= 4 is 69.0 Å². The normalized spacial score (nSPS) is 24.4. The van der Waals surface area contributed by atoms with Gasteiger partial charge in [0.15, 0.2) is 5.96 Å². The van der Waals surface area contributed by atoms with Gasteiger partial charge in [-0.05, 0) is 26.7 Å². The minimum Gasteiger partial charge on any atom is -0.481 e. The summed E-state index contributed by atoms with van der Waals surface area (Å²) in [6, 6.07) is -5.18. The fraction of sp³-hybridized carbons (Fsp3) is 0.636. The van der Waals surface area contributed by atoms with Gasteiger partial charge >= 0.3 is 5.97 Å². The molecule has 17 nitrogen and oxygen atoms in total. The third-order valence-corrected chi connectivity index (χ3v) is 8.81. The number of amides is 6. The number of carboxylic acids is 1. The van der Waals surface area contributed by atoms with Gasteiger partial charge in [-0.15, -0.1) is 0 Å². The van der Waals surface area contributed by atoms with Crippen LogP contribution in [0.3, 0.4) is 0 Å². The van der Waals surface area contributed by atoms with Gasteiger partial charge < -0.3 is 48.9 Å². The lowest BCUT2D eigenvalue weighted by Gasteiger charge is -2.34. The fourth-order valence-corrected chi connectivity index (χ4v) is 6.30. The van der Waals surface area contributed by atoms with E-state index in [4.69, 9.17) is 17.2 Å². The molecule has 0 aliphatic carbocycles. The van der Waals surface area contributed by atoms with Gasteiger partial charge in [0.05, 0.1) is 13.0 Å². The number of nitrogens with two attached hydrogens (primary N) is 3. The van der Waals surface area contributed by atoms with E-state index in [0.717, 1.165) is 21.6 Å². The van der Waals surface area contributed by atoms with E-state index in [2.05, 4.69) is 31.6 Å². The third-order valence-electron chi connectivity index (χ3n) is 5.51. The summed E-state index contributed by atoms with van der Waals surface area (Å²) >= 11 is 0. The van der Waals surface area contributed by atoms with E-state index in [-0.39, 0.29) is 31.1 Å². The summed E-state index contributed by atoms with van der Waals surface area (Å²) in [6.45, 7) is 3.98. The Kier molecular flexibility index (Phi) is 14.2. The molecule has 1 aliphatic rings. The second-order valence-corrected chi connectivity index (χ2v) is 12.5. The van der Waals surface area contributed by atoms with Crippen molar-refractivity contribution < 1.29 is 38.7 Å². The summed E-state index contributed by atoms with van der Waals surface area (Å²) in [5.74, 6) is -6.46. The molecule has 41 heavy (non-hydrogen) atoms. The van der Waals surface area contributed by atoms with Crippen LogP contribution in [0.25, 0.3) is 0 Å². The first-order chi connectivity index (χ1) is 19.0. The topological polar surface area (TPSA) is 290 Å². The SMILES string of the molecule is CC(=O)N[C@H]1C(=O)N[C@H](CCCN=C(N)N)C(=O)NCC(=O)N[C@H](CC(=O)O)C(=O)N[C@@H](C(N)=O)CSSC1(C)C. The number of aliphatic imine (C=N–C) groups is 1. The van der Waals surface area contributed by atoms with Gasteiger partial charge in [0.1, 0.15) is 24.2 Å². The number of carboxylic acid groups (broad SMARTS) is 1. The minimum atomic E-state index is -1.58. The number of hydrogen-bond donors (Lipinski definition) is 9. The van der Waals surface area contributed by atoms with Crippen molar-refractivity contribution in [2.45, 2.75) is 68.9 Å². The number of carbonyl (C=O) groups is 7. The van der Waals surface area contributed by atoms with Crippen molar-refractivity contribution in [1.29, 1.82) is 0 Å². The first kappa shape index (κ1) is 35.3. The van der Waals surface area contributed by atoms with E-state index in [1.165, 1.54) is 6.92 Å². The van der Waals surface area contributed by atoms with Crippen molar-refractivity contribution in [3.63, 3.8) is 0 Å². The summed E-state index contributed by atoms with van der Waals surface area (Å²) in [5.41, 5.74) is 16.1. The van der Waals surface area contributed by atoms with Gasteiger partial charge in [0.25, 0.3) is 0 Å². The molecule has 0 aromatic rings. The molecule has 1 heterocycles. The molecule has 0 aromatic heterocycles. The quantitative estimate of drug-likeness (QED) is 0.0548. The summed E-state index contributed by atoms with van der Waals surface area (Å²) in [6.07, 6.45) is -0.500. The number of nitrogens with one attached hydrogen (secondary N) is 5. The molecule has 1 aliphatic heterocycles. The predicted molar refractivity (Wildman–Crippen MR) is 152 cm³/mol. The summed E-state index contributed by atoms with van der Waals surface area (Å²) in [4.78, 5) is 90.8. The smallest absolute Gasteiger partial charge is 0.305 e. The number of guanidine groups is 1. The van der Waals surface area contributed by atoms with Crippen LogP contribution < -0.4 is 43.8 Å². The van der Waals surface area contributed by atoms with E-state index >= 15 is 0 Å². The molecule has 0 spiro atoms. The maximum absolute atomic E-state index is 13.4. The van der Waals surface area contributed by atoms with E-state index in [1.54, 1.807) is 13.8 Å². The zero-order valence-electron chi connectivity index (χ0n) is 22.9. The molecule has 4 atom stereocenters. The van der Waals surface area contributed by atoms with Crippen molar-refractivity contribution in [3.8, 4) is 0 Å². The minimum absolute atomic E-state index is 0.0510. The molecule has 1 saturated heterocycles. The third kappa shape index (κ3) is 13.0. The second-order valence-electron chi connectivity index (χ2n) is 9.51. The van der Waals surface area contributed by atoms with Crippen LogP contribution in [0, 0.1) is 0 Å². The standard InChI is InChI=1S/C22H37N9O8S2/c1-10(32)28-16-20(39)30-11(5-4-6-26-21(24)25)18(37)27-8-14(33)29-12(7-15(34)35)19(38)31-13(17(23)36)9-40-41-22(16,2)3/h11-13,16H,4-9H2,1-3H3,(H2,23,36)(H,27,37)(H,28,32)(H,29,33)(H,30,39)(H,31,38)(H,34,35)(H4,24,25,26)/t11-,12-,13-,16+/m1/s1. The monoisotopic (exact) mass is 619 g/mol. The van der Waals surface area contributed by atoms with E-state index in [1.807, 2.05) is 0 Å². The average molecular weight is 620 g/mol. The van der Waals surface area contributed by atoms with Gasteiger partial charge in [-0.2, -0.15) is 0 Å². The highest BCUT2D eigenvalue weighted by atomic mass is 33.1. The first-order valence-corrected chi connectivity index (χ1v) is 14.7. The molecule has 12 N–H and O–H groups in total. The van der Waals surface area contributed by atoms with Gasteiger partial charge in [-0.25, -0.2) is 0 Å².